The van der Waals surface area contributed by atoms with Crippen molar-refractivity contribution in [3.63, 3.8) is 0 Å². The van der Waals surface area contributed by atoms with Gasteiger partial charge in [-0.25, -0.2) is 15.0 Å². The summed E-state index contributed by atoms with van der Waals surface area (Å²) in [6, 6.07) is 14.9. The number of piperidine rings is 1. The molecule has 6 heteroatoms. The third-order valence-corrected chi connectivity index (χ3v) is 7.63. The third-order valence-electron chi connectivity index (χ3n) is 7.63. The molecule has 1 fully saturated rings. The molecule has 6 nitrogen and oxygen atoms in total. The van der Waals surface area contributed by atoms with Gasteiger partial charge in [-0.3, -0.25) is 0 Å². The molecular weight excluding hydrogens is 432 g/mol. The van der Waals surface area contributed by atoms with Crippen LogP contribution in [0.2, 0.25) is 0 Å². The van der Waals surface area contributed by atoms with Crippen molar-refractivity contribution in [1.29, 1.82) is 0 Å². The molecule has 1 unspecified atom stereocenters. The molecule has 1 saturated heterocycles. The minimum absolute atomic E-state index is 0.613. The van der Waals surface area contributed by atoms with Crippen LogP contribution in [0.4, 0.5) is 17.5 Å². The number of nitrogens with zero attached hydrogens (tertiary/aromatic N) is 5. The van der Waals surface area contributed by atoms with E-state index in [0.717, 1.165) is 47.6 Å². The Hall–Kier alpha value is -2.99. The van der Waals surface area contributed by atoms with Crippen molar-refractivity contribution in [2.75, 3.05) is 43.4 Å². The SMILES string of the molecule is CC1CCCN(C)c2ccc(cn2)-c2ccnc(n2)Nc2cccc(c2)CC2CCN(CC1)CC2. The number of pyridine rings is 1. The van der Waals surface area contributed by atoms with E-state index in [1.807, 2.05) is 18.5 Å². The number of benzene rings is 1. The zero-order valence-corrected chi connectivity index (χ0v) is 21.2. The van der Waals surface area contributed by atoms with Gasteiger partial charge in [0.2, 0.25) is 5.95 Å². The van der Waals surface area contributed by atoms with Gasteiger partial charge in [0.15, 0.2) is 0 Å². The van der Waals surface area contributed by atoms with Crippen LogP contribution >= 0.6 is 0 Å². The van der Waals surface area contributed by atoms with Crippen molar-refractivity contribution >= 4 is 17.5 Å². The van der Waals surface area contributed by atoms with E-state index in [1.165, 1.54) is 57.3 Å². The second-order valence-electron chi connectivity index (χ2n) is 10.4. The van der Waals surface area contributed by atoms with Gasteiger partial charge in [0.25, 0.3) is 0 Å². The third kappa shape index (κ3) is 6.37. The molecule has 2 aromatic heterocycles. The van der Waals surface area contributed by atoms with E-state index >= 15 is 0 Å². The Morgan fingerprint density at radius 2 is 1.77 bits per heavy atom. The van der Waals surface area contributed by atoms with Crippen LogP contribution in [0.1, 0.15) is 44.6 Å². The van der Waals surface area contributed by atoms with Crippen molar-refractivity contribution in [2.24, 2.45) is 11.8 Å². The van der Waals surface area contributed by atoms with E-state index < -0.39 is 0 Å². The van der Waals surface area contributed by atoms with Gasteiger partial charge in [-0.1, -0.05) is 19.1 Å². The molecule has 7 heterocycles. The molecule has 0 amide bonds. The molecule has 0 aliphatic carbocycles. The quantitative estimate of drug-likeness (QED) is 0.449. The smallest absolute Gasteiger partial charge is 0.227 e. The van der Waals surface area contributed by atoms with Gasteiger partial charge < -0.3 is 15.1 Å². The Labute approximate surface area is 209 Å². The van der Waals surface area contributed by atoms with Crippen LogP contribution in [0, 0.1) is 11.8 Å². The number of hydrogen-bond donors (Lipinski definition) is 1. The van der Waals surface area contributed by atoms with Crippen LogP contribution < -0.4 is 10.2 Å². The summed E-state index contributed by atoms with van der Waals surface area (Å²) in [4.78, 5) is 18.9. The molecule has 0 saturated carbocycles. The average molecular weight is 471 g/mol. The van der Waals surface area contributed by atoms with Crippen LogP contribution in [-0.4, -0.2) is 53.1 Å². The molecule has 1 atom stereocenters. The molecule has 5 aliphatic rings. The van der Waals surface area contributed by atoms with Crippen LogP contribution in [0.25, 0.3) is 11.3 Å². The number of hydrogen-bond acceptors (Lipinski definition) is 6. The lowest BCUT2D eigenvalue weighted by molar-refractivity contribution is 0.174. The topological polar surface area (TPSA) is 57.2 Å². The average Bonchev–Trinajstić information content (AvgIpc) is 2.88. The van der Waals surface area contributed by atoms with E-state index in [0.29, 0.717) is 5.95 Å². The highest BCUT2D eigenvalue weighted by atomic mass is 15.2. The predicted octanol–water partition coefficient (Wildman–Crippen LogP) is 5.79. The van der Waals surface area contributed by atoms with Crippen molar-refractivity contribution in [3.05, 3.63) is 60.4 Å². The largest absolute Gasteiger partial charge is 0.360 e. The van der Waals surface area contributed by atoms with E-state index in [-0.39, 0.29) is 0 Å². The Kier molecular flexibility index (Phi) is 7.57. The van der Waals surface area contributed by atoms with Gasteiger partial charge in [0.05, 0.1) is 5.69 Å². The minimum atomic E-state index is 0.613. The Balaban J connectivity index is 1.37. The number of nitrogens with one attached hydrogen (secondary N) is 1. The van der Waals surface area contributed by atoms with Crippen molar-refractivity contribution in [2.45, 2.75) is 45.4 Å². The molecule has 8 bridgehead atoms. The second kappa shape index (κ2) is 11.2. The summed E-state index contributed by atoms with van der Waals surface area (Å²) in [5.74, 6) is 3.15. The first-order valence-electron chi connectivity index (χ1n) is 13.2. The highest BCUT2D eigenvalue weighted by Crippen LogP contribution is 2.26. The molecule has 5 aliphatic heterocycles. The number of aromatic nitrogens is 3. The maximum atomic E-state index is 4.76. The second-order valence-corrected chi connectivity index (χ2v) is 10.4. The molecule has 8 rings (SSSR count). The molecular formula is C29H38N6. The summed E-state index contributed by atoms with van der Waals surface area (Å²) in [5.41, 5.74) is 4.30. The van der Waals surface area contributed by atoms with Crippen LogP contribution in [0.3, 0.4) is 0 Å². The standard InChI is InChI=1S/C29H38N6/c1-22-5-4-15-34(2)28-9-8-25(21-31-28)27-10-14-30-29(33-27)32-26-7-3-6-24(20-26)19-23-12-17-35(16-11-22)18-13-23/h3,6-10,14,20-23H,4-5,11-13,15-19H2,1-2H3,(H,30,32,33). The molecule has 35 heavy (non-hydrogen) atoms. The lowest BCUT2D eigenvalue weighted by Gasteiger charge is -2.32. The van der Waals surface area contributed by atoms with Crippen molar-refractivity contribution in [1.82, 2.24) is 19.9 Å². The van der Waals surface area contributed by atoms with Gasteiger partial charge in [-0.05, 0) is 106 Å². The first-order valence-corrected chi connectivity index (χ1v) is 13.2. The summed E-state index contributed by atoms with van der Waals surface area (Å²) in [6.45, 7) is 7.16. The van der Waals surface area contributed by atoms with Gasteiger partial charge in [-0.15, -0.1) is 0 Å². The van der Waals surface area contributed by atoms with Crippen molar-refractivity contribution in [3.8, 4) is 11.3 Å². The molecule has 3 aromatic rings. The maximum absolute atomic E-state index is 4.76. The first kappa shape index (κ1) is 23.7. The Morgan fingerprint density at radius 1 is 0.914 bits per heavy atom. The zero-order valence-electron chi connectivity index (χ0n) is 21.2. The highest BCUT2D eigenvalue weighted by molar-refractivity contribution is 5.62. The van der Waals surface area contributed by atoms with Gasteiger partial charge in [0.1, 0.15) is 5.82 Å². The molecule has 1 aromatic carbocycles. The normalized spacial score (nSPS) is 23.6. The van der Waals surface area contributed by atoms with E-state index in [4.69, 9.17) is 9.97 Å². The number of rotatable bonds is 0. The zero-order chi connectivity index (χ0) is 24.0. The number of anilines is 3. The maximum Gasteiger partial charge on any atom is 0.227 e. The fourth-order valence-electron chi connectivity index (χ4n) is 5.33. The Morgan fingerprint density at radius 3 is 2.60 bits per heavy atom. The van der Waals surface area contributed by atoms with E-state index in [9.17, 15) is 0 Å². The van der Waals surface area contributed by atoms with Gasteiger partial charge >= 0.3 is 0 Å². The van der Waals surface area contributed by atoms with Crippen LogP contribution in [-0.2, 0) is 6.42 Å². The van der Waals surface area contributed by atoms with E-state index in [1.54, 1.807) is 0 Å². The fraction of sp³-hybridized carbons (Fsp3) is 0.483. The lowest BCUT2D eigenvalue weighted by atomic mass is 9.89. The predicted molar refractivity (Wildman–Crippen MR) is 144 cm³/mol. The highest BCUT2D eigenvalue weighted by Gasteiger charge is 2.20. The summed E-state index contributed by atoms with van der Waals surface area (Å²) in [6.07, 6.45) is 11.2. The van der Waals surface area contributed by atoms with Crippen LogP contribution in [0.15, 0.2) is 54.9 Å². The first-order chi connectivity index (χ1) is 17.1. The molecule has 1 N–H and O–H groups in total. The summed E-state index contributed by atoms with van der Waals surface area (Å²) in [5, 5.41) is 3.41. The van der Waals surface area contributed by atoms with E-state index in [2.05, 4.69) is 70.5 Å². The monoisotopic (exact) mass is 470 g/mol. The molecule has 184 valence electrons. The summed E-state index contributed by atoms with van der Waals surface area (Å²) >= 11 is 0. The fourth-order valence-corrected chi connectivity index (χ4v) is 5.33. The van der Waals surface area contributed by atoms with Gasteiger partial charge in [0, 0.05) is 37.2 Å². The van der Waals surface area contributed by atoms with Crippen LogP contribution in [0.5, 0.6) is 0 Å². The molecule has 0 spiro atoms. The van der Waals surface area contributed by atoms with Gasteiger partial charge in [-0.2, -0.15) is 0 Å². The Bertz CT molecular complexity index is 1090. The van der Waals surface area contributed by atoms with Crippen molar-refractivity contribution < 1.29 is 0 Å². The summed E-state index contributed by atoms with van der Waals surface area (Å²) < 4.78 is 0. The molecule has 0 radical (unpaired) electrons. The lowest BCUT2D eigenvalue weighted by Crippen LogP contribution is -2.35. The summed E-state index contributed by atoms with van der Waals surface area (Å²) in [7, 11) is 2.14. The minimum Gasteiger partial charge on any atom is -0.360 e.